The van der Waals surface area contributed by atoms with Crippen molar-refractivity contribution in [1.29, 1.82) is 0 Å². The molecule has 21 heavy (non-hydrogen) atoms. The molecule has 1 atom stereocenters. The van der Waals surface area contributed by atoms with Gasteiger partial charge in [-0.15, -0.1) is 0 Å². The number of rotatable bonds is 4. The quantitative estimate of drug-likeness (QED) is 0.847. The Balaban J connectivity index is 2.04. The highest BCUT2D eigenvalue weighted by Crippen LogP contribution is 2.19. The van der Waals surface area contributed by atoms with E-state index in [1.807, 2.05) is 29.8 Å². The molecule has 0 aliphatic rings. The van der Waals surface area contributed by atoms with E-state index in [0.29, 0.717) is 5.11 Å². The predicted octanol–water partition coefficient (Wildman–Crippen LogP) is 3.57. The van der Waals surface area contributed by atoms with Gasteiger partial charge in [-0.3, -0.25) is 4.68 Å². The van der Waals surface area contributed by atoms with E-state index < -0.39 is 0 Å². The Morgan fingerprint density at radius 2 is 1.95 bits per heavy atom. The maximum absolute atomic E-state index is 5.42. The van der Waals surface area contributed by atoms with Crippen LogP contribution in [0.2, 0.25) is 0 Å². The Morgan fingerprint density at radius 3 is 2.52 bits per heavy atom. The van der Waals surface area contributed by atoms with Crippen molar-refractivity contribution in [2.45, 2.75) is 40.3 Å². The molecule has 0 bridgehead atoms. The van der Waals surface area contributed by atoms with Crippen molar-refractivity contribution in [3.8, 4) is 0 Å². The van der Waals surface area contributed by atoms with Crippen LogP contribution in [0.25, 0.3) is 0 Å². The number of aromatic nitrogens is 2. The normalized spacial score (nSPS) is 12.0. The number of hydrogen-bond acceptors (Lipinski definition) is 2. The summed E-state index contributed by atoms with van der Waals surface area (Å²) in [6.45, 7) is 9.07. The van der Waals surface area contributed by atoms with Crippen LogP contribution in [-0.2, 0) is 6.54 Å². The second-order valence-electron chi connectivity index (χ2n) is 5.09. The van der Waals surface area contributed by atoms with Crippen LogP contribution in [0.1, 0.15) is 36.8 Å². The fourth-order valence-corrected chi connectivity index (χ4v) is 2.64. The number of aryl methyl sites for hydroxylation is 2. The van der Waals surface area contributed by atoms with E-state index in [0.717, 1.165) is 23.6 Å². The van der Waals surface area contributed by atoms with Crippen molar-refractivity contribution in [3.63, 3.8) is 0 Å². The SMILES string of the molecule is CCn1nc(C)c(NC(=S)NC(C)c2ccccc2)c1C. The average molecular weight is 302 g/mol. The van der Waals surface area contributed by atoms with Crippen molar-refractivity contribution in [3.05, 3.63) is 47.3 Å². The molecular weight excluding hydrogens is 280 g/mol. The van der Waals surface area contributed by atoms with Gasteiger partial charge in [-0.2, -0.15) is 5.10 Å². The van der Waals surface area contributed by atoms with Crippen LogP contribution in [0.4, 0.5) is 5.69 Å². The van der Waals surface area contributed by atoms with Crippen LogP contribution in [-0.4, -0.2) is 14.9 Å². The van der Waals surface area contributed by atoms with E-state index in [1.54, 1.807) is 0 Å². The summed E-state index contributed by atoms with van der Waals surface area (Å²) < 4.78 is 1.97. The molecule has 112 valence electrons. The van der Waals surface area contributed by atoms with E-state index in [1.165, 1.54) is 5.56 Å². The molecule has 4 nitrogen and oxygen atoms in total. The van der Waals surface area contributed by atoms with Gasteiger partial charge in [0.15, 0.2) is 5.11 Å². The second kappa shape index (κ2) is 6.72. The van der Waals surface area contributed by atoms with Gasteiger partial charge >= 0.3 is 0 Å². The van der Waals surface area contributed by atoms with Gasteiger partial charge in [0.05, 0.1) is 23.1 Å². The van der Waals surface area contributed by atoms with Crippen LogP contribution >= 0.6 is 12.2 Å². The minimum Gasteiger partial charge on any atom is -0.356 e. The third-order valence-corrected chi connectivity index (χ3v) is 3.79. The lowest BCUT2D eigenvalue weighted by Crippen LogP contribution is -2.31. The summed E-state index contributed by atoms with van der Waals surface area (Å²) in [4.78, 5) is 0. The summed E-state index contributed by atoms with van der Waals surface area (Å²) >= 11 is 5.42. The van der Waals surface area contributed by atoms with Crippen molar-refractivity contribution in [2.75, 3.05) is 5.32 Å². The van der Waals surface area contributed by atoms with Gasteiger partial charge in [0, 0.05) is 6.54 Å². The summed E-state index contributed by atoms with van der Waals surface area (Å²) in [5.74, 6) is 0. The summed E-state index contributed by atoms with van der Waals surface area (Å²) in [6.07, 6.45) is 0. The molecule has 2 rings (SSSR count). The Bertz CT molecular complexity index is 619. The number of benzene rings is 1. The molecule has 0 aliphatic carbocycles. The molecule has 0 amide bonds. The van der Waals surface area contributed by atoms with E-state index >= 15 is 0 Å². The Hall–Kier alpha value is -1.88. The van der Waals surface area contributed by atoms with Crippen molar-refractivity contribution < 1.29 is 0 Å². The van der Waals surface area contributed by atoms with Gasteiger partial charge in [0.2, 0.25) is 0 Å². The lowest BCUT2D eigenvalue weighted by Gasteiger charge is -2.17. The van der Waals surface area contributed by atoms with E-state index in [4.69, 9.17) is 12.2 Å². The topological polar surface area (TPSA) is 41.9 Å². The van der Waals surface area contributed by atoms with Crippen LogP contribution in [0.15, 0.2) is 30.3 Å². The lowest BCUT2D eigenvalue weighted by atomic mass is 10.1. The van der Waals surface area contributed by atoms with Gasteiger partial charge in [0.25, 0.3) is 0 Å². The Kier molecular flexibility index (Phi) is 4.96. The average Bonchev–Trinajstić information content (AvgIpc) is 2.75. The fourth-order valence-electron chi connectivity index (χ4n) is 2.36. The second-order valence-corrected chi connectivity index (χ2v) is 5.50. The first-order valence-electron chi connectivity index (χ1n) is 7.19. The molecule has 0 saturated heterocycles. The van der Waals surface area contributed by atoms with Crippen molar-refractivity contribution >= 4 is 23.0 Å². The minimum absolute atomic E-state index is 0.160. The van der Waals surface area contributed by atoms with Crippen molar-refractivity contribution in [2.24, 2.45) is 0 Å². The fraction of sp³-hybridized carbons (Fsp3) is 0.375. The molecule has 0 spiro atoms. The molecule has 1 heterocycles. The number of anilines is 1. The molecule has 0 fully saturated rings. The largest absolute Gasteiger partial charge is 0.356 e. The van der Waals surface area contributed by atoms with Crippen molar-refractivity contribution in [1.82, 2.24) is 15.1 Å². The summed E-state index contributed by atoms with van der Waals surface area (Å²) in [5, 5.41) is 11.7. The monoisotopic (exact) mass is 302 g/mol. The first-order chi connectivity index (χ1) is 10.0. The van der Waals surface area contributed by atoms with Gasteiger partial charge in [0.1, 0.15) is 0 Å². The van der Waals surface area contributed by atoms with E-state index in [9.17, 15) is 0 Å². The maximum atomic E-state index is 5.42. The molecule has 2 N–H and O–H groups in total. The third kappa shape index (κ3) is 3.61. The maximum Gasteiger partial charge on any atom is 0.171 e. The van der Waals surface area contributed by atoms with E-state index in [-0.39, 0.29) is 6.04 Å². The zero-order chi connectivity index (χ0) is 15.4. The van der Waals surface area contributed by atoms with Gasteiger partial charge in [-0.25, -0.2) is 0 Å². The molecular formula is C16H22N4S. The molecule has 0 saturated carbocycles. The zero-order valence-electron chi connectivity index (χ0n) is 13.0. The highest BCUT2D eigenvalue weighted by Gasteiger charge is 2.13. The summed E-state index contributed by atoms with van der Waals surface area (Å²) in [6, 6.07) is 10.4. The molecule has 2 aromatic rings. The van der Waals surface area contributed by atoms with Gasteiger partial charge in [-0.1, -0.05) is 30.3 Å². The van der Waals surface area contributed by atoms with Gasteiger partial charge in [-0.05, 0) is 45.5 Å². The first-order valence-corrected chi connectivity index (χ1v) is 7.60. The number of thiocarbonyl (C=S) groups is 1. The Labute approximate surface area is 131 Å². The standard InChI is InChI=1S/C16H22N4S/c1-5-20-13(4)15(12(3)19-20)18-16(21)17-11(2)14-9-7-6-8-10-14/h6-11H,5H2,1-4H3,(H2,17,18,21). The summed E-state index contributed by atoms with van der Waals surface area (Å²) in [7, 11) is 0. The Morgan fingerprint density at radius 1 is 1.29 bits per heavy atom. The molecule has 0 aliphatic heterocycles. The number of nitrogens with zero attached hydrogens (tertiary/aromatic N) is 2. The predicted molar refractivity (Wildman–Crippen MR) is 91.6 cm³/mol. The smallest absolute Gasteiger partial charge is 0.171 e. The highest BCUT2D eigenvalue weighted by molar-refractivity contribution is 7.80. The first kappa shape index (κ1) is 15.5. The van der Waals surface area contributed by atoms with Crippen LogP contribution in [0.3, 0.4) is 0 Å². The molecule has 5 heteroatoms. The summed E-state index contributed by atoms with van der Waals surface area (Å²) in [5.41, 5.74) is 4.27. The molecule has 1 unspecified atom stereocenters. The minimum atomic E-state index is 0.160. The third-order valence-electron chi connectivity index (χ3n) is 3.57. The molecule has 1 aromatic heterocycles. The number of hydrogen-bond donors (Lipinski definition) is 2. The highest BCUT2D eigenvalue weighted by atomic mass is 32.1. The van der Waals surface area contributed by atoms with Crippen LogP contribution < -0.4 is 10.6 Å². The van der Waals surface area contributed by atoms with Crippen LogP contribution in [0.5, 0.6) is 0 Å². The van der Waals surface area contributed by atoms with E-state index in [2.05, 4.69) is 48.6 Å². The molecule has 1 aromatic carbocycles. The van der Waals surface area contributed by atoms with Crippen LogP contribution in [0, 0.1) is 13.8 Å². The number of nitrogens with one attached hydrogen (secondary N) is 2. The lowest BCUT2D eigenvalue weighted by molar-refractivity contribution is 0.634. The zero-order valence-corrected chi connectivity index (χ0v) is 13.8. The molecule has 0 radical (unpaired) electrons. The van der Waals surface area contributed by atoms with Gasteiger partial charge < -0.3 is 10.6 Å².